The van der Waals surface area contributed by atoms with E-state index in [9.17, 15) is 4.79 Å². The second-order valence-corrected chi connectivity index (χ2v) is 4.62. The average Bonchev–Trinajstić information content (AvgIpc) is 2.25. The van der Waals surface area contributed by atoms with E-state index in [0.717, 1.165) is 5.56 Å². The van der Waals surface area contributed by atoms with Crippen LogP contribution in [0.3, 0.4) is 0 Å². The summed E-state index contributed by atoms with van der Waals surface area (Å²) >= 11 is 5.91. The maximum atomic E-state index is 11.9. The van der Waals surface area contributed by atoms with Crippen LogP contribution in [0.25, 0.3) is 0 Å². The lowest BCUT2D eigenvalue weighted by atomic mass is 9.84. The third-order valence-corrected chi connectivity index (χ3v) is 2.78. The van der Waals surface area contributed by atoms with Gasteiger partial charge in [0.15, 0.2) is 0 Å². The number of nitrogens with two attached hydrogens (primary N) is 1. The van der Waals surface area contributed by atoms with E-state index in [0.29, 0.717) is 18.1 Å². The number of hydrogen-bond acceptors (Lipinski definition) is 2. The van der Waals surface area contributed by atoms with E-state index in [4.69, 9.17) is 17.3 Å². The fraction of sp³-hybridized carbons (Fsp3) is 0.417. The largest absolute Gasteiger partial charge is 0.354 e. The standard InChI is InChI=1S/C12H17ClN2O.ClH/c1-12(2,11(16)15-7-6-14)9-4-3-5-10(13)8-9;/h3-5,8H,6-7,14H2,1-2H3,(H,15,16);1H. The summed E-state index contributed by atoms with van der Waals surface area (Å²) in [6, 6.07) is 7.34. The van der Waals surface area contributed by atoms with Crippen LogP contribution in [-0.2, 0) is 10.2 Å². The molecule has 96 valence electrons. The molecule has 0 aliphatic heterocycles. The summed E-state index contributed by atoms with van der Waals surface area (Å²) in [5, 5.41) is 3.42. The van der Waals surface area contributed by atoms with Gasteiger partial charge in [-0.2, -0.15) is 0 Å². The molecule has 0 unspecified atom stereocenters. The van der Waals surface area contributed by atoms with Crippen LogP contribution >= 0.6 is 24.0 Å². The quantitative estimate of drug-likeness (QED) is 0.885. The van der Waals surface area contributed by atoms with Crippen LogP contribution in [0.15, 0.2) is 24.3 Å². The lowest BCUT2D eigenvalue weighted by Gasteiger charge is -2.24. The molecular weight excluding hydrogens is 259 g/mol. The summed E-state index contributed by atoms with van der Waals surface area (Å²) in [6.45, 7) is 4.66. The molecule has 0 aliphatic rings. The van der Waals surface area contributed by atoms with Gasteiger partial charge < -0.3 is 11.1 Å². The molecule has 0 radical (unpaired) electrons. The molecule has 0 saturated heterocycles. The fourth-order valence-corrected chi connectivity index (χ4v) is 1.61. The highest BCUT2D eigenvalue weighted by Crippen LogP contribution is 2.25. The van der Waals surface area contributed by atoms with Gasteiger partial charge in [0.1, 0.15) is 0 Å². The molecule has 3 N–H and O–H groups in total. The molecule has 0 heterocycles. The Morgan fingerprint density at radius 1 is 1.47 bits per heavy atom. The Kier molecular flexibility index (Phi) is 6.53. The molecular formula is C12H18Cl2N2O. The average molecular weight is 277 g/mol. The monoisotopic (exact) mass is 276 g/mol. The number of hydrogen-bond donors (Lipinski definition) is 2. The van der Waals surface area contributed by atoms with Crippen molar-refractivity contribution in [3.05, 3.63) is 34.9 Å². The zero-order chi connectivity index (χ0) is 12.2. The van der Waals surface area contributed by atoms with E-state index in [1.165, 1.54) is 0 Å². The van der Waals surface area contributed by atoms with Crippen LogP contribution < -0.4 is 11.1 Å². The van der Waals surface area contributed by atoms with Crippen molar-refractivity contribution in [2.75, 3.05) is 13.1 Å². The van der Waals surface area contributed by atoms with Crippen molar-refractivity contribution in [3.63, 3.8) is 0 Å². The van der Waals surface area contributed by atoms with Crippen molar-refractivity contribution < 1.29 is 4.79 Å². The molecule has 3 nitrogen and oxygen atoms in total. The topological polar surface area (TPSA) is 55.1 Å². The smallest absolute Gasteiger partial charge is 0.230 e. The minimum absolute atomic E-state index is 0. The molecule has 17 heavy (non-hydrogen) atoms. The van der Waals surface area contributed by atoms with E-state index in [1.54, 1.807) is 6.07 Å². The Morgan fingerprint density at radius 2 is 2.12 bits per heavy atom. The van der Waals surface area contributed by atoms with E-state index in [-0.39, 0.29) is 18.3 Å². The van der Waals surface area contributed by atoms with Crippen LogP contribution in [0, 0.1) is 0 Å². The summed E-state index contributed by atoms with van der Waals surface area (Å²) in [5.41, 5.74) is 5.65. The Hall–Kier alpha value is -0.770. The second kappa shape index (κ2) is 6.84. The first-order valence-corrected chi connectivity index (χ1v) is 5.60. The number of benzene rings is 1. The summed E-state index contributed by atoms with van der Waals surface area (Å²) < 4.78 is 0. The molecule has 0 atom stereocenters. The van der Waals surface area contributed by atoms with E-state index >= 15 is 0 Å². The minimum Gasteiger partial charge on any atom is -0.354 e. The van der Waals surface area contributed by atoms with Crippen LogP contribution in [0.2, 0.25) is 5.02 Å². The summed E-state index contributed by atoms with van der Waals surface area (Å²) in [4.78, 5) is 11.9. The van der Waals surface area contributed by atoms with E-state index in [2.05, 4.69) is 5.32 Å². The molecule has 5 heteroatoms. The van der Waals surface area contributed by atoms with Gasteiger partial charge in [0, 0.05) is 18.1 Å². The van der Waals surface area contributed by atoms with Gasteiger partial charge >= 0.3 is 0 Å². The molecule has 0 fully saturated rings. The van der Waals surface area contributed by atoms with Gasteiger partial charge in [0.25, 0.3) is 0 Å². The lowest BCUT2D eigenvalue weighted by Crippen LogP contribution is -2.42. The Labute approximate surface area is 113 Å². The lowest BCUT2D eigenvalue weighted by molar-refractivity contribution is -0.125. The zero-order valence-corrected chi connectivity index (χ0v) is 11.6. The molecule has 1 rings (SSSR count). The van der Waals surface area contributed by atoms with Crippen molar-refractivity contribution in [3.8, 4) is 0 Å². The number of halogens is 2. The minimum atomic E-state index is -0.597. The summed E-state index contributed by atoms with van der Waals surface area (Å²) in [5.74, 6) is -0.0415. The first-order chi connectivity index (χ1) is 7.48. The summed E-state index contributed by atoms with van der Waals surface area (Å²) in [6.07, 6.45) is 0. The van der Waals surface area contributed by atoms with Crippen LogP contribution in [0.4, 0.5) is 0 Å². The maximum Gasteiger partial charge on any atom is 0.230 e. The van der Waals surface area contributed by atoms with Gasteiger partial charge in [-0.1, -0.05) is 23.7 Å². The Morgan fingerprint density at radius 3 is 2.65 bits per heavy atom. The van der Waals surface area contributed by atoms with Crippen LogP contribution in [0.1, 0.15) is 19.4 Å². The second-order valence-electron chi connectivity index (χ2n) is 4.18. The predicted molar refractivity (Wildman–Crippen MR) is 73.8 cm³/mol. The molecule has 0 aromatic heterocycles. The molecule has 1 aromatic rings. The first kappa shape index (κ1) is 16.2. The van der Waals surface area contributed by atoms with Crippen LogP contribution in [0.5, 0.6) is 0 Å². The van der Waals surface area contributed by atoms with Gasteiger partial charge in [0.2, 0.25) is 5.91 Å². The van der Waals surface area contributed by atoms with Crippen molar-refractivity contribution in [1.82, 2.24) is 5.32 Å². The van der Waals surface area contributed by atoms with Crippen molar-refractivity contribution in [1.29, 1.82) is 0 Å². The Balaban J connectivity index is 0.00000256. The van der Waals surface area contributed by atoms with Crippen molar-refractivity contribution in [2.24, 2.45) is 5.73 Å². The molecule has 1 aromatic carbocycles. The number of carbonyl (C=O) groups is 1. The number of rotatable bonds is 4. The third-order valence-electron chi connectivity index (χ3n) is 2.54. The van der Waals surface area contributed by atoms with Gasteiger partial charge in [-0.25, -0.2) is 0 Å². The van der Waals surface area contributed by atoms with Gasteiger partial charge in [-0.05, 0) is 31.5 Å². The van der Waals surface area contributed by atoms with E-state index < -0.39 is 5.41 Å². The van der Waals surface area contributed by atoms with Gasteiger partial charge in [0.05, 0.1) is 5.41 Å². The SMILES string of the molecule is CC(C)(C(=O)NCCN)c1cccc(Cl)c1.Cl. The maximum absolute atomic E-state index is 11.9. The highest BCUT2D eigenvalue weighted by molar-refractivity contribution is 6.30. The highest BCUT2D eigenvalue weighted by Gasteiger charge is 2.29. The van der Waals surface area contributed by atoms with Gasteiger partial charge in [-0.15, -0.1) is 12.4 Å². The molecule has 0 aliphatic carbocycles. The molecule has 0 bridgehead atoms. The Bertz CT molecular complexity index is 381. The predicted octanol–water partition coefficient (Wildman–Crippen LogP) is 2.11. The fourth-order valence-electron chi connectivity index (χ4n) is 1.42. The number of amides is 1. The number of nitrogens with one attached hydrogen (secondary N) is 1. The van der Waals surface area contributed by atoms with Crippen molar-refractivity contribution >= 4 is 29.9 Å². The normalized spacial score (nSPS) is 10.6. The summed E-state index contributed by atoms with van der Waals surface area (Å²) in [7, 11) is 0. The van der Waals surface area contributed by atoms with Crippen LogP contribution in [-0.4, -0.2) is 19.0 Å². The highest BCUT2D eigenvalue weighted by atomic mass is 35.5. The van der Waals surface area contributed by atoms with Gasteiger partial charge in [-0.3, -0.25) is 4.79 Å². The zero-order valence-electron chi connectivity index (χ0n) is 10.00. The molecule has 0 saturated carbocycles. The van der Waals surface area contributed by atoms with E-state index in [1.807, 2.05) is 32.0 Å². The number of carbonyl (C=O) groups excluding carboxylic acids is 1. The third kappa shape index (κ3) is 4.19. The molecule has 1 amide bonds. The first-order valence-electron chi connectivity index (χ1n) is 5.23. The van der Waals surface area contributed by atoms with Crippen molar-refractivity contribution in [2.45, 2.75) is 19.3 Å². The molecule has 0 spiro atoms.